The number of rotatable bonds is 4. The number of amides is 2. The van der Waals surface area contributed by atoms with Crippen LogP contribution >= 0.6 is 9.69 Å². The van der Waals surface area contributed by atoms with Crippen LogP contribution in [0.1, 0.15) is 29.8 Å². The maximum atomic E-state index is 13.2. The molecule has 0 bridgehead atoms. The molecule has 1 atom stereocenters. The van der Waals surface area contributed by atoms with Gasteiger partial charge >= 0.3 is 170 Å². The van der Waals surface area contributed by atoms with Gasteiger partial charge in [-0.3, -0.25) is 0 Å². The molecular formula is C20H19ClNO4Ru. The van der Waals surface area contributed by atoms with Gasteiger partial charge in [0, 0.05) is 0 Å². The summed E-state index contributed by atoms with van der Waals surface area (Å²) < 4.78 is 13.0. The van der Waals surface area contributed by atoms with Crippen LogP contribution in [-0.2, 0) is 20.5 Å². The third kappa shape index (κ3) is 3.83. The summed E-state index contributed by atoms with van der Waals surface area (Å²) in [6.07, 6.45) is -0.736. The summed E-state index contributed by atoms with van der Waals surface area (Å²) in [5, 5.41) is 0. The first-order valence-corrected chi connectivity index (χ1v) is 11.6. The van der Waals surface area contributed by atoms with Crippen molar-refractivity contribution < 1.29 is 34.7 Å². The molecule has 0 N–H and O–H groups in total. The number of carbonyl (C=O) groups excluding carboxylic acids is 2. The minimum atomic E-state index is -0.736. The van der Waals surface area contributed by atoms with Gasteiger partial charge < -0.3 is 0 Å². The van der Waals surface area contributed by atoms with E-state index in [1.165, 1.54) is 4.90 Å². The van der Waals surface area contributed by atoms with Gasteiger partial charge in [-0.1, -0.05) is 0 Å². The molecule has 27 heavy (non-hydrogen) atoms. The molecule has 0 saturated heterocycles. The molecule has 2 amide bonds. The zero-order valence-electron chi connectivity index (χ0n) is 15.1. The molecule has 2 aromatic rings. The molecule has 0 radical (unpaired) electrons. The molecule has 7 heteroatoms. The number of halogens is 1. The van der Waals surface area contributed by atoms with Crippen molar-refractivity contribution in [3.63, 3.8) is 0 Å². The summed E-state index contributed by atoms with van der Waals surface area (Å²) in [7, 11) is 7.51. The van der Waals surface area contributed by atoms with Crippen LogP contribution in [0.3, 0.4) is 0 Å². The van der Waals surface area contributed by atoms with E-state index in [2.05, 4.69) is 0 Å². The Morgan fingerprint density at radius 3 is 2.56 bits per heavy atom. The summed E-state index contributed by atoms with van der Waals surface area (Å²) in [5.41, 5.74) is 1.64. The average Bonchev–Trinajstić information content (AvgIpc) is 2.67. The van der Waals surface area contributed by atoms with E-state index in [-0.39, 0.29) is 11.8 Å². The molecular weight excluding hydrogens is 455 g/mol. The van der Waals surface area contributed by atoms with E-state index in [1.54, 1.807) is 43.5 Å². The average molecular weight is 474 g/mol. The van der Waals surface area contributed by atoms with Crippen molar-refractivity contribution in [2.24, 2.45) is 5.92 Å². The first kappa shape index (κ1) is 19.7. The molecule has 0 aromatic heterocycles. The SMILES string of the molecule is COc1ccc(C(=O)N2C(=O)C(C(C)C)Oc3c([CH]=[Ru][Cl])cccc32)cc1. The van der Waals surface area contributed by atoms with Crippen molar-refractivity contribution in [1.29, 1.82) is 0 Å². The number of nitrogens with zero attached hydrogens (tertiary/aromatic N) is 1. The summed E-state index contributed by atoms with van der Waals surface area (Å²) in [6.45, 7) is 3.78. The first-order valence-electron chi connectivity index (χ1n) is 8.35. The zero-order chi connectivity index (χ0) is 19.6. The fraction of sp³-hybridized carbons (Fsp3) is 0.250. The van der Waals surface area contributed by atoms with Gasteiger partial charge in [0.25, 0.3) is 0 Å². The van der Waals surface area contributed by atoms with Gasteiger partial charge in [0.05, 0.1) is 0 Å². The third-order valence-corrected chi connectivity index (χ3v) is 5.45. The van der Waals surface area contributed by atoms with E-state index in [1.807, 2.05) is 24.5 Å². The van der Waals surface area contributed by atoms with Crippen LogP contribution in [0, 0.1) is 5.92 Å². The molecule has 1 heterocycles. The number of fused-ring (bicyclic) bond motifs is 1. The number of imide groups is 1. The van der Waals surface area contributed by atoms with Crippen LogP contribution in [0.15, 0.2) is 42.5 Å². The molecule has 1 aliphatic heterocycles. The number of carbonyl (C=O) groups is 2. The van der Waals surface area contributed by atoms with Gasteiger partial charge in [-0.15, -0.1) is 0 Å². The summed E-state index contributed by atoms with van der Waals surface area (Å²) in [5.74, 6) is 0.312. The van der Waals surface area contributed by atoms with E-state index < -0.39 is 27.7 Å². The number of anilines is 1. The molecule has 0 fully saturated rings. The Morgan fingerprint density at radius 1 is 1.26 bits per heavy atom. The van der Waals surface area contributed by atoms with Crippen molar-refractivity contribution in [2.45, 2.75) is 20.0 Å². The van der Waals surface area contributed by atoms with Crippen molar-refractivity contribution in [1.82, 2.24) is 0 Å². The quantitative estimate of drug-likeness (QED) is 0.502. The predicted molar refractivity (Wildman–Crippen MR) is 102 cm³/mol. The molecule has 0 spiro atoms. The standard InChI is InChI=1S/C20H19NO4.ClH.Ru/c1-12(2)17-20(23)21(16-7-5-6-13(3)18(16)25-17)19(22)14-8-10-15(24-4)11-9-14;;/h3,5-12,17H,1-2,4H3;1H;/q;;+1/p-1. The monoisotopic (exact) mass is 474 g/mol. The molecule has 1 unspecified atom stereocenters. The van der Waals surface area contributed by atoms with E-state index in [9.17, 15) is 9.59 Å². The van der Waals surface area contributed by atoms with Crippen LogP contribution < -0.4 is 14.4 Å². The molecule has 3 rings (SSSR count). The van der Waals surface area contributed by atoms with Gasteiger partial charge in [-0.05, 0) is 0 Å². The van der Waals surface area contributed by atoms with Crippen LogP contribution in [-0.4, -0.2) is 29.6 Å². The Labute approximate surface area is 169 Å². The Balaban J connectivity index is 2.11. The van der Waals surface area contributed by atoms with Crippen molar-refractivity contribution in [2.75, 3.05) is 12.0 Å². The van der Waals surface area contributed by atoms with Gasteiger partial charge in [0.1, 0.15) is 0 Å². The molecule has 1 aliphatic rings. The van der Waals surface area contributed by atoms with Crippen LogP contribution in [0.5, 0.6) is 11.5 Å². The topological polar surface area (TPSA) is 55.8 Å². The van der Waals surface area contributed by atoms with Crippen LogP contribution in [0.2, 0.25) is 0 Å². The second kappa shape index (κ2) is 8.32. The summed E-state index contributed by atoms with van der Waals surface area (Å²) in [6, 6.07) is 12.1. The Bertz CT molecular complexity index is 895. The first-order chi connectivity index (χ1) is 13.0. The van der Waals surface area contributed by atoms with Crippen molar-refractivity contribution in [3.8, 4) is 11.5 Å². The Kier molecular flexibility index (Phi) is 6.08. The molecule has 0 saturated carbocycles. The molecule has 0 aliphatic carbocycles. The fourth-order valence-electron chi connectivity index (χ4n) is 2.89. The van der Waals surface area contributed by atoms with E-state index in [0.717, 1.165) is 5.56 Å². The summed E-state index contributed by atoms with van der Waals surface area (Å²) in [4.78, 5) is 27.5. The third-order valence-electron chi connectivity index (χ3n) is 4.27. The van der Waals surface area contributed by atoms with Gasteiger partial charge in [0.2, 0.25) is 0 Å². The van der Waals surface area contributed by atoms with Crippen molar-refractivity contribution >= 4 is 31.8 Å². The van der Waals surface area contributed by atoms with Gasteiger partial charge in [-0.25, -0.2) is 0 Å². The molecule has 5 nitrogen and oxygen atoms in total. The molecule has 2 aromatic carbocycles. The number of methoxy groups -OCH3 is 1. The van der Waals surface area contributed by atoms with Crippen LogP contribution in [0.4, 0.5) is 5.69 Å². The van der Waals surface area contributed by atoms with Gasteiger partial charge in [-0.2, -0.15) is 0 Å². The second-order valence-corrected chi connectivity index (χ2v) is 8.16. The number of benzene rings is 2. The van der Waals surface area contributed by atoms with E-state index in [0.29, 0.717) is 22.7 Å². The Hall–Kier alpha value is -2.04. The number of ether oxygens (including phenoxy) is 2. The van der Waals surface area contributed by atoms with Gasteiger partial charge in [0.15, 0.2) is 0 Å². The fourth-order valence-corrected chi connectivity index (χ4v) is 3.98. The predicted octanol–water partition coefficient (Wildman–Crippen LogP) is 3.67. The minimum absolute atomic E-state index is 0.0891. The number of para-hydroxylation sites is 1. The Morgan fingerprint density at radius 2 is 1.96 bits per heavy atom. The second-order valence-electron chi connectivity index (χ2n) is 6.36. The zero-order valence-corrected chi connectivity index (χ0v) is 17.6. The van der Waals surface area contributed by atoms with E-state index in [4.69, 9.17) is 19.2 Å². The van der Waals surface area contributed by atoms with E-state index >= 15 is 0 Å². The summed E-state index contributed by atoms with van der Waals surface area (Å²) >= 11 is -0.474. The number of hydrogen-bond donors (Lipinski definition) is 0. The van der Waals surface area contributed by atoms with Crippen LogP contribution in [0.25, 0.3) is 0 Å². The number of hydrogen-bond acceptors (Lipinski definition) is 4. The van der Waals surface area contributed by atoms with Crippen molar-refractivity contribution in [3.05, 3.63) is 53.6 Å². The molecule has 143 valence electrons. The maximum absolute atomic E-state index is 13.2. The normalized spacial score (nSPS) is 16.7.